The Bertz CT molecular complexity index is 643. The van der Waals surface area contributed by atoms with Crippen LogP contribution < -0.4 is 11.5 Å². The molecule has 0 aliphatic carbocycles. The van der Waals surface area contributed by atoms with Crippen molar-refractivity contribution in [1.82, 2.24) is 4.31 Å². The maximum absolute atomic E-state index is 12.6. The second-order valence-corrected chi connectivity index (χ2v) is 7.86. The lowest BCUT2D eigenvalue weighted by Gasteiger charge is -2.16. The van der Waals surface area contributed by atoms with Crippen LogP contribution >= 0.6 is 28.3 Å². The van der Waals surface area contributed by atoms with Crippen molar-refractivity contribution in [2.45, 2.75) is 17.9 Å². The van der Waals surface area contributed by atoms with E-state index in [9.17, 15) is 13.2 Å². The van der Waals surface area contributed by atoms with Gasteiger partial charge in [-0.25, -0.2) is 8.42 Å². The predicted octanol–water partition coefficient (Wildman–Crippen LogP) is 0.938. The minimum atomic E-state index is -3.67. The first-order valence-electron chi connectivity index (χ1n) is 6.08. The van der Waals surface area contributed by atoms with Gasteiger partial charge in [-0.15, -0.1) is 12.4 Å². The van der Waals surface area contributed by atoms with Crippen molar-refractivity contribution in [2.75, 3.05) is 13.1 Å². The van der Waals surface area contributed by atoms with E-state index in [2.05, 4.69) is 15.9 Å². The molecule has 1 amide bonds. The molecule has 1 aromatic carbocycles. The summed E-state index contributed by atoms with van der Waals surface area (Å²) in [4.78, 5) is 11.3. The van der Waals surface area contributed by atoms with E-state index in [0.717, 1.165) is 0 Å². The minimum absolute atomic E-state index is 0. The molecule has 1 aliphatic heterocycles. The molecule has 0 bridgehead atoms. The van der Waals surface area contributed by atoms with E-state index in [1.807, 2.05) is 6.92 Å². The van der Waals surface area contributed by atoms with Gasteiger partial charge in [-0.2, -0.15) is 4.31 Å². The molecule has 1 saturated heterocycles. The third-order valence-corrected chi connectivity index (χ3v) is 5.70. The quantitative estimate of drug-likeness (QED) is 0.790. The zero-order valence-corrected chi connectivity index (χ0v) is 14.5. The summed E-state index contributed by atoms with van der Waals surface area (Å²) in [6, 6.07) is 4.06. The van der Waals surface area contributed by atoms with Gasteiger partial charge in [-0.05, 0) is 24.1 Å². The van der Waals surface area contributed by atoms with Gasteiger partial charge in [-0.3, -0.25) is 4.79 Å². The summed E-state index contributed by atoms with van der Waals surface area (Å²) in [6.07, 6.45) is 0. The number of primary amides is 1. The molecule has 118 valence electrons. The molecule has 2 rings (SSSR count). The van der Waals surface area contributed by atoms with Crippen LogP contribution in [0.2, 0.25) is 0 Å². The van der Waals surface area contributed by atoms with Crippen LogP contribution in [-0.2, 0) is 10.0 Å². The van der Waals surface area contributed by atoms with Crippen molar-refractivity contribution in [3.63, 3.8) is 0 Å². The molecule has 21 heavy (non-hydrogen) atoms. The van der Waals surface area contributed by atoms with Gasteiger partial charge in [0.1, 0.15) is 0 Å². The summed E-state index contributed by atoms with van der Waals surface area (Å²) in [7, 11) is -3.67. The van der Waals surface area contributed by atoms with E-state index in [-0.39, 0.29) is 41.4 Å². The number of benzene rings is 1. The standard InChI is InChI=1S/C12H16BrN3O3S.ClH/c1-7-5-16(6-11(7)14)20(18,19)10-3-8(12(15)17)2-9(13)4-10;/h2-4,7,11H,5-6,14H2,1H3,(H2,15,17);1H. The van der Waals surface area contributed by atoms with Gasteiger partial charge >= 0.3 is 0 Å². The van der Waals surface area contributed by atoms with Crippen LogP contribution in [0.15, 0.2) is 27.6 Å². The number of hydrogen-bond acceptors (Lipinski definition) is 4. The van der Waals surface area contributed by atoms with Crippen LogP contribution in [0.4, 0.5) is 0 Å². The Morgan fingerprint density at radius 3 is 2.43 bits per heavy atom. The molecule has 1 aliphatic rings. The Balaban J connectivity index is 0.00000220. The van der Waals surface area contributed by atoms with E-state index in [4.69, 9.17) is 11.5 Å². The first-order valence-corrected chi connectivity index (χ1v) is 8.31. The molecule has 0 aromatic heterocycles. The van der Waals surface area contributed by atoms with Gasteiger partial charge in [0.25, 0.3) is 0 Å². The third kappa shape index (κ3) is 3.75. The first kappa shape index (κ1) is 18.4. The van der Waals surface area contributed by atoms with Crippen molar-refractivity contribution in [3.8, 4) is 0 Å². The van der Waals surface area contributed by atoms with E-state index in [0.29, 0.717) is 11.0 Å². The summed E-state index contributed by atoms with van der Waals surface area (Å²) in [6.45, 7) is 2.57. The highest BCUT2D eigenvalue weighted by atomic mass is 79.9. The van der Waals surface area contributed by atoms with Gasteiger partial charge in [0, 0.05) is 29.2 Å². The highest BCUT2D eigenvalue weighted by molar-refractivity contribution is 9.10. The van der Waals surface area contributed by atoms with Gasteiger partial charge in [0.05, 0.1) is 4.90 Å². The fourth-order valence-corrected chi connectivity index (χ4v) is 4.44. The summed E-state index contributed by atoms with van der Waals surface area (Å²) in [5, 5.41) is 0. The highest BCUT2D eigenvalue weighted by Gasteiger charge is 2.35. The number of sulfonamides is 1. The Kier molecular flexibility index (Phi) is 5.79. The number of carbonyl (C=O) groups excluding carboxylic acids is 1. The lowest BCUT2D eigenvalue weighted by Crippen LogP contribution is -2.32. The molecule has 0 radical (unpaired) electrons. The van der Waals surface area contributed by atoms with E-state index in [1.54, 1.807) is 0 Å². The lowest BCUT2D eigenvalue weighted by molar-refractivity contribution is 0.1000. The van der Waals surface area contributed by atoms with Crippen molar-refractivity contribution in [3.05, 3.63) is 28.2 Å². The second-order valence-electron chi connectivity index (χ2n) is 5.00. The topological polar surface area (TPSA) is 106 Å². The van der Waals surface area contributed by atoms with E-state index < -0.39 is 15.9 Å². The number of nitrogens with zero attached hydrogens (tertiary/aromatic N) is 1. The van der Waals surface area contributed by atoms with Gasteiger partial charge in [0.15, 0.2) is 0 Å². The maximum atomic E-state index is 12.6. The van der Waals surface area contributed by atoms with Crippen molar-refractivity contribution in [2.24, 2.45) is 17.4 Å². The molecule has 4 N–H and O–H groups in total. The number of amides is 1. The van der Waals surface area contributed by atoms with Crippen molar-refractivity contribution >= 4 is 44.3 Å². The van der Waals surface area contributed by atoms with Crippen molar-refractivity contribution in [1.29, 1.82) is 0 Å². The monoisotopic (exact) mass is 397 g/mol. The Morgan fingerprint density at radius 1 is 1.33 bits per heavy atom. The fraction of sp³-hybridized carbons (Fsp3) is 0.417. The number of rotatable bonds is 3. The molecule has 9 heteroatoms. The molecule has 6 nitrogen and oxygen atoms in total. The third-order valence-electron chi connectivity index (χ3n) is 3.43. The first-order chi connectivity index (χ1) is 9.21. The minimum Gasteiger partial charge on any atom is -0.366 e. The average Bonchev–Trinajstić information content (AvgIpc) is 2.69. The van der Waals surface area contributed by atoms with Gasteiger partial charge in [0.2, 0.25) is 15.9 Å². The molecule has 1 heterocycles. The zero-order valence-electron chi connectivity index (χ0n) is 11.3. The van der Waals surface area contributed by atoms with Crippen LogP contribution in [0.25, 0.3) is 0 Å². The second kappa shape index (κ2) is 6.62. The predicted molar refractivity (Wildman–Crippen MR) is 85.8 cm³/mol. The van der Waals surface area contributed by atoms with Crippen LogP contribution in [0.5, 0.6) is 0 Å². The van der Waals surface area contributed by atoms with Crippen molar-refractivity contribution < 1.29 is 13.2 Å². The summed E-state index contributed by atoms with van der Waals surface area (Å²) in [5.41, 5.74) is 11.2. The van der Waals surface area contributed by atoms with Crippen LogP contribution in [0.3, 0.4) is 0 Å². The van der Waals surface area contributed by atoms with Gasteiger partial charge in [-0.1, -0.05) is 22.9 Å². The molecule has 0 saturated carbocycles. The normalized spacial score (nSPS) is 22.8. The molecular weight excluding hydrogens is 382 g/mol. The number of halogens is 2. The molecule has 0 spiro atoms. The zero-order chi connectivity index (χ0) is 15.1. The van der Waals surface area contributed by atoms with E-state index >= 15 is 0 Å². The Morgan fingerprint density at radius 2 is 1.95 bits per heavy atom. The lowest BCUT2D eigenvalue weighted by atomic mass is 10.1. The molecule has 1 fully saturated rings. The van der Waals surface area contributed by atoms with Crippen LogP contribution in [-0.4, -0.2) is 37.8 Å². The summed E-state index contributed by atoms with van der Waals surface area (Å²) >= 11 is 3.19. The Hall–Kier alpha value is -0.670. The maximum Gasteiger partial charge on any atom is 0.248 e. The highest BCUT2D eigenvalue weighted by Crippen LogP contribution is 2.26. The number of nitrogens with two attached hydrogens (primary N) is 2. The van der Waals surface area contributed by atoms with Gasteiger partial charge < -0.3 is 11.5 Å². The van der Waals surface area contributed by atoms with Crippen LogP contribution in [0.1, 0.15) is 17.3 Å². The average molecular weight is 399 g/mol. The summed E-state index contributed by atoms with van der Waals surface area (Å²) < 4.78 is 26.9. The SMILES string of the molecule is CC1CN(S(=O)(=O)c2cc(Br)cc(C(N)=O)c2)CC1N.Cl. The molecule has 2 atom stereocenters. The number of hydrogen-bond donors (Lipinski definition) is 2. The summed E-state index contributed by atoms with van der Waals surface area (Å²) in [5.74, 6) is -0.568. The smallest absolute Gasteiger partial charge is 0.248 e. The van der Waals surface area contributed by atoms with E-state index in [1.165, 1.54) is 22.5 Å². The molecular formula is C12H17BrClN3O3S. The Labute approximate surface area is 138 Å². The molecule has 1 aromatic rings. The number of carbonyl (C=O) groups is 1. The van der Waals surface area contributed by atoms with Crippen LogP contribution in [0, 0.1) is 5.92 Å². The fourth-order valence-electron chi connectivity index (χ4n) is 2.15. The molecule has 2 unspecified atom stereocenters. The largest absolute Gasteiger partial charge is 0.366 e.